The highest BCUT2D eigenvalue weighted by Gasteiger charge is 2.37. The zero-order valence-corrected chi connectivity index (χ0v) is 27.2. The molecule has 1 aromatic heterocycles. The highest BCUT2D eigenvalue weighted by atomic mass is 35.5. The van der Waals surface area contributed by atoms with Crippen molar-refractivity contribution in [2.75, 3.05) is 33.0 Å². The van der Waals surface area contributed by atoms with Crippen molar-refractivity contribution >= 4 is 52.2 Å². The van der Waals surface area contributed by atoms with Crippen molar-refractivity contribution in [3.63, 3.8) is 0 Å². The maximum atomic E-state index is 13.5. The molecule has 0 bridgehead atoms. The van der Waals surface area contributed by atoms with Crippen molar-refractivity contribution in [2.24, 2.45) is 11.1 Å². The molecule has 3 amide bonds. The lowest BCUT2D eigenvalue weighted by Gasteiger charge is -2.37. The van der Waals surface area contributed by atoms with Crippen LogP contribution in [0.15, 0.2) is 59.8 Å². The molecular formula is C32H38ClN7O4S. The number of hydrogen-bond acceptors (Lipinski definition) is 8. The molecule has 11 nitrogen and oxygen atoms in total. The highest BCUT2D eigenvalue weighted by molar-refractivity contribution is 7.13. The molecule has 238 valence electrons. The lowest BCUT2D eigenvalue weighted by molar-refractivity contribution is -0.134. The van der Waals surface area contributed by atoms with Crippen molar-refractivity contribution in [1.29, 1.82) is 0 Å². The molecule has 0 saturated heterocycles. The minimum absolute atomic E-state index is 0.000940. The minimum Gasteiger partial charge on any atom is -0.389 e. The molecule has 1 aliphatic carbocycles. The number of benzene rings is 2. The van der Waals surface area contributed by atoms with Gasteiger partial charge < -0.3 is 30.6 Å². The van der Waals surface area contributed by atoms with Crippen molar-refractivity contribution < 1.29 is 19.2 Å². The first-order valence-corrected chi connectivity index (χ1v) is 16.1. The fraction of sp³-hybridized carbons (Fsp3) is 0.406. The van der Waals surface area contributed by atoms with Gasteiger partial charge in [0.05, 0.1) is 11.7 Å². The summed E-state index contributed by atoms with van der Waals surface area (Å²) in [6, 6.07) is 15.3. The van der Waals surface area contributed by atoms with Crippen LogP contribution in [-0.2, 0) is 34.0 Å². The third-order valence-electron chi connectivity index (χ3n) is 7.94. The smallest absolute Gasteiger partial charge is 0.294 e. The number of amides is 3. The second kappa shape index (κ2) is 14.9. The normalized spacial score (nSPS) is 20.1. The van der Waals surface area contributed by atoms with Crippen LogP contribution in [0.1, 0.15) is 45.2 Å². The molecule has 2 aromatic carbocycles. The van der Waals surface area contributed by atoms with Crippen LogP contribution < -0.4 is 16.0 Å². The van der Waals surface area contributed by atoms with E-state index in [1.807, 2.05) is 37.4 Å². The van der Waals surface area contributed by atoms with E-state index in [9.17, 15) is 14.4 Å². The minimum atomic E-state index is -0.515. The van der Waals surface area contributed by atoms with Gasteiger partial charge in [-0.2, -0.15) is 0 Å². The number of nitrogens with one attached hydrogen (secondary N) is 3. The number of carbonyl (C=O) groups excluding carboxylic acids is 3. The van der Waals surface area contributed by atoms with Crippen LogP contribution in [0.4, 0.5) is 5.69 Å². The van der Waals surface area contributed by atoms with Crippen molar-refractivity contribution in [1.82, 2.24) is 25.4 Å². The van der Waals surface area contributed by atoms with Crippen LogP contribution in [0.2, 0.25) is 5.02 Å². The third kappa shape index (κ3) is 8.59. The number of halogens is 1. The standard InChI is InChI=1S/C32H38ClN7O4S/c1-39(2)32(43)21-9-14-24(26(17-21)36-30(42)31-37-25-15-16-40(3)18-27(25)45-31)35-28(38-44-19-20-7-5-4-6-8-20)29(41)34-23-12-10-22(33)11-13-23/h4-8,10-13,21,24,26H,9,14-19H2,1-3H3,(H,34,41)(H,35,38)(H,36,42)/t21-,24-,26+/m0/s1. The van der Waals surface area contributed by atoms with Gasteiger partial charge in [0.15, 0.2) is 5.01 Å². The summed E-state index contributed by atoms with van der Waals surface area (Å²) in [5, 5.41) is 14.3. The van der Waals surface area contributed by atoms with E-state index in [2.05, 4.69) is 31.0 Å². The number of amidine groups is 1. The van der Waals surface area contributed by atoms with Crippen molar-refractivity contribution in [2.45, 2.75) is 50.9 Å². The Balaban J connectivity index is 1.36. The summed E-state index contributed by atoms with van der Waals surface area (Å²) in [6.45, 7) is 1.82. The van der Waals surface area contributed by atoms with Crippen molar-refractivity contribution in [3.8, 4) is 0 Å². The van der Waals surface area contributed by atoms with E-state index in [-0.39, 0.29) is 30.2 Å². The number of aromatic nitrogens is 1. The Hall–Kier alpha value is -4.00. The van der Waals surface area contributed by atoms with Gasteiger partial charge in [-0.25, -0.2) is 4.98 Å². The number of hydrogen-bond donors (Lipinski definition) is 3. The number of nitrogens with zero attached hydrogens (tertiary/aromatic N) is 4. The summed E-state index contributed by atoms with van der Waals surface area (Å²) in [6.07, 6.45) is 2.29. The molecule has 1 aliphatic heterocycles. The predicted octanol–water partition coefficient (Wildman–Crippen LogP) is 3.90. The highest BCUT2D eigenvalue weighted by Crippen LogP contribution is 2.28. The van der Waals surface area contributed by atoms with Gasteiger partial charge in [0, 0.05) is 61.2 Å². The fourth-order valence-electron chi connectivity index (χ4n) is 5.52. The first-order chi connectivity index (χ1) is 21.7. The van der Waals surface area contributed by atoms with Gasteiger partial charge in [0.1, 0.15) is 6.61 Å². The first-order valence-electron chi connectivity index (χ1n) is 14.9. The Labute approximate surface area is 272 Å². The molecule has 3 atom stereocenters. The summed E-state index contributed by atoms with van der Waals surface area (Å²) < 4.78 is 0. The summed E-state index contributed by atoms with van der Waals surface area (Å²) in [5.74, 6) is -1.13. The molecule has 2 heterocycles. The molecule has 3 aromatic rings. The Morgan fingerprint density at radius 1 is 1.07 bits per heavy atom. The summed E-state index contributed by atoms with van der Waals surface area (Å²) in [5.41, 5.74) is 2.39. The van der Waals surface area contributed by atoms with Gasteiger partial charge in [-0.1, -0.05) is 47.1 Å². The van der Waals surface area contributed by atoms with Gasteiger partial charge >= 0.3 is 0 Å². The Bertz CT molecular complexity index is 1530. The summed E-state index contributed by atoms with van der Waals surface area (Å²) in [7, 11) is 5.51. The Morgan fingerprint density at radius 2 is 1.82 bits per heavy atom. The van der Waals surface area contributed by atoms with E-state index < -0.39 is 18.0 Å². The van der Waals surface area contributed by atoms with Crippen LogP contribution >= 0.6 is 22.9 Å². The molecule has 2 aliphatic rings. The summed E-state index contributed by atoms with van der Waals surface area (Å²) >= 11 is 7.42. The zero-order valence-electron chi connectivity index (χ0n) is 25.6. The van der Waals surface area contributed by atoms with E-state index in [4.69, 9.17) is 16.4 Å². The fourth-order valence-corrected chi connectivity index (χ4v) is 6.74. The number of fused-ring (bicyclic) bond motifs is 1. The van der Waals surface area contributed by atoms with Gasteiger partial charge in [-0.05, 0) is 56.1 Å². The molecule has 5 rings (SSSR count). The molecular weight excluding hydrogens is 614 g/mol. The number of oxime groups is 1. The van der Waals surface area contributed by atoms with Crippen LogP contribution in [0.3, 0.4) is 0 Å². The van der Waals surface area contributed by atoms with Crippen LogP contribution in [0, 0.1) is 5.92 Å². The van der Waals surface area contributed by atoms with Gasteiger partial charge in [-0.15, -0.1) is 11.3 Å². The van der Waals surface area contributed by atoms with E-state index in [1.54, 1.807) is 43.3 Å². The molecule has 0 unspecified atom stereocenters. The number of thiazole rings is 1. The zero-order chi connectivity index (χ0) is 31.9. The number of anilines is 1. The molecule has 0 radical (unpaired) electrons. The first kappa shape index (κ1) is 32.4. The largest absolute Gasteiger partial charge is 0.389 e. The summed E-state index contributed by atoms with van der Waals surface area (Å²) in [4.78, 5) is 55.1. The van der Waals surface area contributed by atoms with Gasteiger partial charge in [0.2, 0.25) is 11.7 Å². The molecule has 45 heavy (non-hydrogen) atoms. The number of likely N-dealkylation sites (N-methyl/N-ethyl adjacent to an activating group) is 1. The van der Waals surface area contributed by atoms with Gasteiger partial charge in [0.25, 0.3) is 11.8 Å². The maximum absolute atomic E-state index is 13.5. The van der Waals surface area contributed by atoms with Crippen molar-refractivity contribution in [3.05, 3.63) is 80.8 Å². The Kier molecular flexibility index (Phi) is 10.7. The topological polar surface area (TPSA) is 128 Å². The molecule has 1 saturated carbocycles. The molecule has 1 fully saturated rings. The molecule has 13 heteroatoms. The average molecular weight is 652 g/mol. The monoisotopic (exact) mass is 651 g/mol. The van der Waals surface area contributed by atoms with E-state index >= 15 is 0 Å². The number of carbonyl (C=O) groups is 3. The predicted molar refractivity (Wildman–Crippen MR) is 175 cm³/mol. The quantitative estimate of drug-likeness (QED) is 0.192. The van der Waals surface area contributed by atoms with Crippen LogP contribution in [0.25, 0.3) is 0 Å². The molecule has 3 N–H and O–H groups in total. The Morgan fingerprint density at radius 3 is 2.56 bits per heavy atom. The van der Waals surface area contributed by atoms with Gasteiger partial charge in [-0.3, -0.25) is 14.4 Å². The third-order valence-corrected chi connectivity index (χ3v) is 9.28. The lowest BCUT2D eigenvalue weighted by atomic mass is 9.81. The SMILES string of the molecule is CN1CCc2nc(C(=O)N[C@@H]3C[C@@H](C(=O)N(C)C)CC[C@@H]3N/C(=N/OCc3ccccc3)C(=O)Nc3ccc(Cl)cc3)sc2C1. The second-order valence-electron chi connectivity index (χ2n) is 11.6. The average Bonchev–Trinajstić information content (AvgIpc) is 3.46. The van der Waals surface area contributed by atoms with E-state index in [1.165, 1.54) is 11.3 Å². The number of rotatable bonds is 8. The second-order valence-corrected chi connectivity index (χ2v) is 13.1. The lowest BCUT2D eigenvalue weighted by Crippen LogP contribution is -2.57. The van der Waals surface area contributed by atoms with Crippen LogP contribution in [0.5, 0.6) is 0 Å². The van der Waals surface area contributed by atoms with Crippen LogP contribution in [-0.4, -0.2) is 78.1 Å². The molecule has 0 spiro atoms. The van der Waals surface area contributed by atoms with E-state index in [0.29, 0.717) is 35.0 Å². The maximum Gasteiger partial charge on any atom is 0.294 e. The van der Waals surface area contributed by atoms with E-state index in [0.717, 1.165) is 35.6 Å².